The van der Waals surface area contributed by atoms with Gasteiger partial charge in [0.2, 0.25) is 5.88 Å². The van der Waals surface area contributed by atoms with E-state index >= 15 is 0 Å². The van der Waals surface area contributed by atoms with E-state index in [1.165, 1.54) is 0 Å². The highest BCUT2D eigenvalue weighted by molar-refractivity contribution is 5.75. The number of benzene rings is 1. The topological polar surface area (TPSA) is 109 Å². The number of morpholine rings is 1. The van der Waals surface area contributed by atoms with Gasteiger partial charge in [-0.2, -0.15) is 0 Å². The average Bonchev–Trinajstić information content (AvgIpc) is 3.27. The first-order valence-corrected chi connectivity index (χ1v) is 10.6. The Kier molecular flexibility index (Phi) is 6.09. The Morgan fingerprint density at radius 2 is 1.94 bits per heavy atom. The molecule has 1 unspecified atom stereocenters. The molecule has 1 aromatic heterocycles. The summed E-state index contributed by atoms with van der Waals surface area (Å²) in [6.07, 6.45) is 2.76. The summed E-state index contributed by atoms with van der Waals surface area (Å²) < 4.78 is 11.0. The first kappa shape index (κ1) is 21.8. The molecule has 2 aliphatic rings. The molecule has 2 N–H and O–H groups in total. The van der Waals surface area contributed by atoms with Gasteiger partial charge < -0.3 is 24.7 Å². The summed E-state index contributed by atoms with van der Waals surface area (Å²) in [5.74, 6) is 0.0359. The van der Waals surface area contributed by atoms with E-state index in [9.17, 15) is 9.59 Å². The first-order valence-electron chi connectivity index (χ1n) is 10.6. The van der Waals surface area contributed by atoms with Crippen LogP contribution in [0.5, 0.6) is 5.88 Å². The van der Waals surface area contributed by atoms with E-state index in [1.807, 2.05) is 51.1 Å². The van der Waals surface area contributed by atoms with Crippen molar-refractivity contribution in [2.45, 2.75) is 26.8 Å². The van der Waals surface area contributed by atoms with Crippen LogP contribution in [0, 0.1) is 5.41 Å². The number of nitrogens with one attached hydrogen (secondary N) is 2. The maximum absolute atomic E-state index is 13.0. The third-order valence-corrected chi connectivity index (χ3v) is 5.26. The number of aromatic nitrogens is 2. The molecule has 1 aromatic carbocycles. The predicted octanol–water partition coefficient (Wildman–Crippen LogP) is 0.584. The summed E-state index contributed by atoms with van der Waals surface area (Å²) in [5.41, 5.74) is 0.793. The average molecular weight is 438 g/mol. The Labute approximate surface area is 185 Å². The zero-order valence-electron chi connectivity index (χ0n) is 18.4. The minimum absolute atomic E-state index is 0.0359. The Balaban J connectivity index is 1.84. The second kappa shape index (κ2) is 8.96. The fourth-order valence-corrected chi connectivity index (χ4v) is 3.60. The maximum atomic E-state index is 13.0. The Bertz CT molecular complexity index is 1190. The van der Waals surface area contributed by atoms with E-state index in [4.69, 9.17) is 9.47 Å². The SMILES string of the molecule is CC(C)(C)C1N=CNC1=c1nc(OC(=O)N2CCOCC2)c(=Cc2ccccc2)[nH]c1=O. The van der Waals surface area contributed by atoms with Crippen molar-refractivity contribution in [1.82, 2.24) is 20.2 Å². The van der Waals surface area contributed by atoms with Crippen molar-refractivity contribution in [1.29, 1.82) is 0 Å². The van der Waals surface area contributed by atoms with Crippen LogP contribution in [0.15, 0.2) is 40.1 Å². The largest absolute Gasteiger partial charge is 0.416 e. The van der Waals surface area contributed by atoms with E-state index in [0.29, 0.717) is 37.3 Å². The Hall–Kier alpha value is -3.46. The van der Waals surface area contributed by atoms with Crippen LogP contribution in [0.25, 0.3) is 11.8 Å². The molecule has 2 aromatic rings. The number of H-pyrrole nitrogens is 1. The van der Waals surface area contributed by atoms with Crippen molar-refractivity contribution < 1.29 is 14.3 Å². The highest BCUT2D eigenvalue weighted by Crippen LogP contribution is 2.28. The molecule has 9 nitrogen and oxygen atoms in total. The molecule has 1 fully saturated rings. The maximum Gasteiger partial charge on any atom is 0.416 e. The van der Waals surface area contributed by atoms with Crippen LogP contribution in [0.1, 0.15) is 26.3 Å². The number of amides is 1. The van der Waals surface area contributed by atoms with Crippen molar-refractivity contribution in [2.24, 2.45) is 10.4 Å². The zero-order chi connectivity index (χ0) is 22.7. The van der Waals surface area contributed by atoms with Gasteiger partial charge in [0.15, 0.2) is 5.35 Å². The van der Waals surface area contributed by atoms with Gasteiger partial charge in [0.25, 0.3) is 5.56 Å². The molecule has 4 rings (SSSR count). The van der Waals surface area contributed by atoms with Crippen molar-refractivity contribution in [3.05, 3.63) is 56.9 Å². The molecular formula is C23H27N5O4. The molecule has 0 bridgehead atoms. The van der Waals surface area contributed by atoms with E-state index in [1.54, 1.807) is 17.3 Å². The Morgan fingerprint density at radius 1 is 1.22 bits per heavy atom. The molecule has 0 spiro atoms. The standard InChI is InChI=1S/C23H27N5O4/c1-23(2,3)19-17(24-14-25-19)18-20(29)26-16(13-15-7-5-4-6-8-15)21(27-18)32-22(30)28-9-11-31-12-10-28/h4-8,13-14,19H,9-12H2,1-3H3,(H,24,25)(H,26,29). The van der Waals surface area contributed by atoms with E-state index in [0.717, 1.165) is 5.56 Å². The van der Waals surface area contributed by atoms with Gasteiger partial charge in [-0.1, -0.05) is 51.1 Å². The second-order valence-electron chi connectivity index (χ2n) is 8.76. The normalized spacial score (nSPS) is 20.9. The number of hydrogen-bond acceptors (Lipinski definition) is 7. The van der Waals surface area contributed by atoms with Crippen molar-refractivity contribution >= 4 is 24.2 Å². The highest BCUT2D eigenvalue weighted by Gasteiger charge is 2.32. The van der Waals surface area contributed by atoms with Crippen molar-refractivity contribution in [3.8, 4) is 5.88 Å². The summed E-state index contributed by atoms with van der Waals surface area (Å²) in [5, 5.41) is 3.52. The Morgan fingerprint density at radius 3 is 2.62 bits per heavy atom. The van der Waals surface area contributed by atoms with Gasteiger partial charge in [-0.25, -0.2) is 9.78 Å². The quantitative estimate of drug-likeness (QED) is 0.712. The summed E-state index contributed by atoms with van der Waals surface area (Å²) in [7, 11) is 0. The fraction of sp³-hybridized carbons (Fsp3) is 0.391. The van der Waals surface area contributed by atoms with Crippen molar-refractivity contribution in [3.63, 3.8) is 0 Å². The monoisotopic (exact) mass is 437 g/mol. The second-order valence-corrected chi connectivity index (χ2v) is 8.76. The molecule has 0 aliphatic carbocycles. The predicted molar refractivity (Wildman–Crippen MR) is 121 cm³/mol. The fourth-order valence-electron chi connectivity index (χ4n) is 3.60. The lowest BCUT2D eigenvalue weighted by Gasteiger charge is -2.26. The molecule has 0 saturated carbocycles. The van der Waals surface area contributed by atoms with Crippen LogP contribution >= 0.6 is 0 Å². The lowest BCUT2D eigenvalue weighted by Crippen LogP contribution is -2.46. The number of hydrogen-bond donors (Lipinski definition) is 2. The molecular weight excluding hydrogens is 410 g/mol. The summed E-state index contributed by atoms with van der Waals surface area (Å²) >= 11 is 0. The van der Waals surface area contributed by atoms with E-state index < -0.39 is 6.09 Å². The number of aliphatic imine (C=N–C) groups is 1. The lowest BCUT2D eigenvalue weighted by molar-refractivity contribution is 0.0410. The van der Waals surface area contributed by atoms with Gasteiger partial charge >= 0.3 is 6.09 Å². The van der Waals surface area contributed by atoms with Gasteiger partial charge in [0.1, 0.15) is 5.35 Å². The van der Waals surface area contributed by atoms with Gasteiger partial charge in [0.05, 0.1) is 31.3 Å². The molecule has 1 atom stereocenters. The molecule has 168 valence electrons. The zero-order valence-corrected chi connectivity index (χ0v) is 18.4. The first-order chi connectivity index (χ1) is 15.3. The van der Waals surface area contributed by atoms with Crippen LogP contribution in [-0.2, 0) is 4.74 Å². The highest BCUT2D eigenvalue weighted by atomic mass is 16.6. The summed E-state index contributed by atoms with van der Waals surface area (Å²) in [4.78, 5) is 39.1. The lowest BCUT2D eigenvalue weighted by atomic mass is 9.85. The van der Waals surface area contributed by atoms with Crippen LogP contribution < -0.4 is 26.3 Å². The number of nitrogens with zero attached hydrogens (tertiary/aromatic N) is 3. The van der Waals surface area contributed by atoms with Crippen LogP contribution in [0.4, 0.5) is 4.79 Å². The molecule has 0 radical (unpaired) electrons. The molecule has 32 heavy (non-hydrogen) atoms. The number of aromatic amines is 1. The summed E-state index contributed by atoms with van der Waals surface area (Å²) in [6, 6.07) is 9.16. The van der Waals surface area contributed by atoms with Crippen LogP contribution in [-0.4, -0.2) is 59.6 Å². The van der Waals surface area contributed by atoms with E-state index in [2.05, 4.69) is 20.3 Å². The van der Waals surface area contributed by atoms with Gasteiger partial charge in [-0.05, 0) is 17.1 Å². The van der Waals surface area contributed by atoms with Crippen LogP contribution in [0.3, 0.4) is 0 Å². The number of ether oxygens (including phenoxy) is 2. The molecule has 3 heterocycles. The van der Waals surface area contributed by atoms with E-state index in [-0.39, 0.29) is 28.2 Å². The number of carbonyl (C=O) groups is 1. The third-order valence-electron chi connectivity index (χ3n) is 5.26. The van der Waals surface area contributed by atoms with Gasteiger partial charge in [0, 0.05) is 13.1 Å². The molecule has 9 heteroatoms. The van der Waals surface area contributed by atoms with Crippen molar-refractivity contribution in [2.75, 3.05) is 26.3 Å². The molecule has 2 aliphatic heterocycles. The molecule has 1 saturated heterocycles. The molecule has 1 amide bonds. The minimum Gasteiger partial charge on any atom is -0.389 e. The van der Waals surface area contributed by atoms with Crippen LogP contribution in [0.2, 0.25) is 0 Å². The summed E-state index contributed by atoms with van der Waals surface area (Å²) in [6.45, 7) is 7.88. The smallest absolute Gasteiger partial charge is 0.389 e. The van der Waals surface area contributed by atoms with Gasteiger partial charge in [-0.3, -0.25) is 9.79 Å². The number of carbonyl (C=O) groups excluding carboxylic acids is 1. The van der Waals surface area contributed by atoms with Gasteiger partial charge in [-0.15, -0.1) is 0 Å². The number of rotatable bonds is 2. The minimum atomic E-state index is -0.533. The third kappa shape index (κ3) is 4.72.